The molecule has 0 unspecified atom stereocenters. The highest BCUT2D eigenvalue weighted by Crippen LogP contribution is 2.10. The Kier molecular flexibility index (Phi) is 3.77. The van der Waals surface area contributed by atoms with E-state index in [1.54, 1.807) is 4.57 Å². The van der Waals surface area contributed by atoms with Crippen molar-refractivity contribution in [3.05, 3.63) is 56.1 Å². The summed E-state index contributed by atoms with van der Waals surface area (Å²) >= 11 is 1.20. The van der Waals surface area contributed by atoms with Crippen LogP contribution in [-0.2, 0) is 17.8 Å². The van der Waals surface area contributed by atoms with Crippen LogP contribution < -0.4 is 4.87 Å². The van der Waals surface area contributed by atoms with E-state index in [0.717, 1.165) is 16.1 Å². The van der Waals surface area contributed by atoms with Gasteiger partial charge in [0, 0.05) is 17.0 Å². The zero-order valence-electron chi connectivity index (χ0n) is 10.5. The molecule has 94 valence electrons. The van der Waals surface area contributed by atoms with Gasteiger partial charge in [0.05, 0.1) is 6.54 Å². The Labute approximate surface area is 110 Å². The molecule has 0 N–H and O–H groups in total. The summed E-state index contributed by atoms with van der Waals surface area (Å²) in [6.45, 7) is 3.95. The molecule has 0 aliphatic heterocycles. The molecule has 0 saturated carbocycles. The summed E-state index contributed by atoms with van der Waals surface area (Å²) in [5.41, 5.74) is 1.88. The lowest BCUT2D eigenvalue weighted by Crippen LogP contribution is -2.21. The molecule has 0 atom stereocenters. The molecule has 0 amide bonds. The predicted molar refractivity (Wildman–Crippen MR) is 73.2 cm³/mol. The van der Waals surface area contributed by atoms with Crippen LogP contribution in [0.3, 0.4) is 0 Å². The third-order valence-electron chi connectivity index (χ3n) is 2.95. The lowest BCUT2D eigenvalue weighted by Gasteiger charge is -2.04. The normalized spacial score (nSPS) is 10.6. The highest BCUT2D eigenvalue weighted by molar-refractivity contribution is 7.09. The standard InChI is InChI=1S/C14H15NO2S/c1-10-11(2)18-14(17)15(10)9-13(16)8-12-6-4-3-5-7-12/h3-7H,8-9H2,1-2H3. The highest BCUT2D eigenvalue weighted by Gasteiger charge is 2.11. The lowest BCUT2D eigenvalue weighted by molar-refractivity contribution is -0.119. The second-order valence-corrected chi connectivity index (χ2v) is 5.46. The monoisotopic (exact) mass is 261 g/mol. The Morgan fingerprint density at radius 1 is 1.22 bits per heavy atom. The van der Waals surface area contributed by atoms with Crippen LogP contribution in [0.2, 0.25) is 0 Å². The molecule has 0 saturated heterocycles. The van der Waals surface area contributed by atoms with Gasteiger partial charge in [-0.3, -0.25) is 14.2 Å². The molecule has 1 heterocycles. The number of thiazole rings is 1. The number of carbonyl (C=O) groups is 1. The quantitative estimate of drug-likeness (QED) is 0.847. The largest absolute Gasteiger partial charge is 0.307 e. The van der Waals surface area contributed by atoms with Crippen molar-refractivity contribution in [2.24, 2.45) is 0 Å². The van der Waals surface area contributed by atoms with E-state index >= 15 is 0 Å². The summed E-state index contributed by atoms with van der Waals surface area (Å²) in [6, 6.07) is 9.59. The summed E-state index contributed by atoms with van der Waals surface area (Å²) in [5.74, 6) is 0.0594. The van der Waals surface area contributed by atoms with Gasteiger partial charge in [-0.1, -0.05) is 41.7 Å². The van der Waals surface area contributed by atoms with Crippen molar-refractivity contribution < 1.29 is 4.79 Å². The lowest BCUT2D eigenvalue weighted by atomic mass is 10.1. The molecular formula is C14H15NO2S. The first-order valence-corrected chi connectivity index (χ1v) is 6.62. The van der Waals surface area contributed by atoms with Crippen molar-refractivity contribution in [2.45, 2.75) is 26.8 Å². The summed E-state index contributed by atoms with van der Waals surface area (Å²) in [4.78, 5) is 24.5. The minimum atomic E-state index is -0.0496. The first kappa shape index (κ1) is 12.8. The van der Waals surface area contributed by atoms with Crippen LogP contribution in [0.1, 0.15) is 16.1 Å². The number of hydrogen-bond donors (Lipinski definition) is 0. The van der Waals surface area contributed by atoms with Crippen LogP contribution in [0.4, 0.5) is 0 Å². The van der Waals surface area contributed by atoms with Crippen LogP contribution in [-0.4, -0.2) is 10.4 Å². The Balaban J connectivity index is 2.10. The van der Waals surface area contributed by atoms with Gasteiger partial charge in [0.15, 0.2) is 5.78 Å². The number of nitrogens with zero attached hydrogens (tertiary/aromatic N) is 1. The smallest absolute Gasteiger partial charge is 0.297 e. The number of aromatic nitrogens is 1. The fourth-order valence-corrected chi connectivity index (χ4v) is 2.66. The van der Waals surface area contributed by atoms with E-state index in [4.69, 9.17) is 0 Å². The average Bonchev–Trinajstić information content (AvgIpc) is 2.57. The summed E-state index contributed by atoms with van der Waals surface area (Å²) in [7, 11) is 0. The summed E-state index contributed by atoms with van der Waals surface area (Å²) < 4.78 is 1.56. The molecular weight excluding hydrogens is 246 g/mol. The zero-order chi connectivity index (χ0) is 13.1. The number of carbonyl (C=O) groups excluding carboxylic acids is 1. The van der Waals surface area contributed by atoms with Crippen molar-refractivity contribution in [3.63, 3.8) is 0 Å². The van der Waals surface area contributed by atoms with Crippen LogP contribution >= 0.6 is 11.3 Å². The fourth-order valence-electron chi connectivity index (χ4n) is 1.83. The molecule has 0 spiro atoms. The van der Waals surface area contributed by atoms with Gasteiger partial charge in [-0.15, -0.1) is 0 Å². The minimum Gasteiger partial charge on any atom is -0.297 e. The number of rotatable bonds is 4. The van der Waals surface area contributed by atoms with Gasteiger partial charge in [-0.25, -0.2) is 0 Å². The Morgan fingerprint density at radius 2 is 1.89 bits per heavy atom. The molecule has 1 aromatic heterocycles. The summed E-state index contributed by atoms with van der Waals surface area (Å²) in [6.07, 6.45) is 0.377. The van der Waals surface area contributed by atoms with Gasteiger partial charge in [-0.2, -0.15) is 0 Å². The Bertz CT molecular complexity index is 610. The van der Waals surface area contributed by atoms with Crippen LogP contribution in [0.15, 0.2) is 35.1 Å². The zero-order valence-corrected chi connectivity index (χ0v) is 11.3. The highest BCUT2D eigenvalue weighted by atomic mass is 32.1. The fraction of sp³-hybridized carbons (Fsp3) is 0.286. The van der Waals surface area contributed by atoms with Crippen LogP contribution in [0, 0.1) is 13.8 Å². The van der Waals surface area contributed by atoms with Crippen molar-refractivity contribution in [1.29, 1.82) is 0 Å². The van der Waals surface area contributed by atoms with E-state index in [0.29, 0.717) is 6.42 Å². The minimum absolute atomic E-state index is 0.0496. The number of ketones is 1. The molecule has 0 bridgehead atoms. The second-order valence-electron chi connectivity index (χ2n) is 4.30. The number of Topliss-reactive ketones (excluding diaryl/α,β-unsaturated/α-hetero) is 1. The van der Waals surface area contributed by atoms with Gasteiger partial charge in [-0.05, 0) is 19.4 Å². The van der Waals surface area contributed by atoms with Gasteiger partial charge in [0.25, 0.3) is 0 Å². The SMILES string of the molecule is Cc1sc(=O)n(CC(=O)Cc2ccccc2)c1C. The first-order chi connectivity index (χ1) is 8.58. The molecule has 0 aliphatic carbocycles. The maximum Gasteiger partial charge on any atom is 0.307 e. The van der Waals surface area contributed by atoms with Gasteiger partial charge in [0.2, 0.25) is 0 Å². The molecule has 2 rings (SSSR count). The molecule has 0 fully saturated rings. The van der Waals surface area contributed by atoms with E-state index < -0.39 is 0 Å². The molecule has 4 heteroatoms. The molecule has 0 aliphatic rings. The Morgan fingerprint density at radius 3 is 2.44 bits per heavy atom. The third kappa shape index (κ3) is 2.76. The number of benzene rings is 1. The van der Waals surface area contributed by atoms with E-state index in [1.165, 1.54) is 11.3 Å². The van der Waals surface area contributed by atoms with E-state index in [-0.39, 0.29) is 17.2 Å². The molecule has 2 aromatic rings. The molecule has 0 radical (unpaired) electrons. The van der Waals surface area contributed by atoms with Crippen molar-refractivity contribution in [1.82, 2.24) is 4.57 Å². The van der Waals surface area contributed by atoms with Gasteiger partial charge >= 0.3 is 4.87 Å². The number of hydrogen-bond acceptors (Lipinski definition) is 3. The molecule has 18 heavy (non-hydrogen) atoms. The predicted octanol–water partition coefficient (Wildman–Crippen LogP) is 2.34. The van der Waals surface area contributed by atoms with E-state index in [1.807, 2.05) is 44.2 Å². The van der Waals surface area contributed by atoms with E-state index in [2.05, 4.69) is 0 Å². The van der Waals surface area contributed by atoms with Crippen molar-refractivity contribution >= 4 is 17.1 Å². The number of aryl methyl sites for hydroxylation is 1. The topological polar surface area (TPSA) is 39.1 Å². The average molecular weight is 261 g/mol. The molecule has 1 aromatic carbocycles. The van der Waals surface area contributed by atoms with Crippen molar-refractivity contribution in [2.75, 3.05) is 0 Å². The van der Waals surface area contributed by atoms with Gasteiger partial charge < -0.3 is 0 Å². The Hall–Kier alpha value is -1.68. The van der Waals surface area contributed by atoms with Crippen LogP contribution in [0.5, 0.6) is 0 Å². The van der Waals surface area contributed by atoms with Gasteiger partial charge in [0.1, 0.15) is 0 Å². The maximum absolute atomic E-state index is 11.9. The first-order valence-electron chi connectivity index (χ1n) is 5.80. The molecule has 3 nitrogen and oxygen atoms in total. The second kappa shape index (κ2) is 5.31. The van der Waals surface area contributed by atoms with E-state index in [9.17, 15) is 9.59 Å². The van der Waals surface area contributed by atoms with Crippen molar-refractivity contribution in [3.8, 4) is 0 Å². The summed E-state index contributed by atoms with van der Waals surface area (Å²) in [5, 5.41) is 0. The maximum atomic E-state index is 11.9. The van der Waals surface area contributed by atoms with Crippen LogP contribution in [0.25, 0.3) is 0 Å². The third-order valence-corrected chi connectivity index (χ3v) is 3.95.